The summed E-state index contributed by atoms with van der Waals surface area (Å²) in [6, 6.07) is 85.2. The van der Waals surface area contributed by atoms with Crippen LogP contribution < -0.4 is 0 Å². The molecule has 0 radical (unpaired) electrons. The first-order chi connectivity index (χ1) is 54.6. The topological polar surface area (TPSA) is 26.3 Å². The molecule has 12 aromatic carbocycles. The van der Waals surface area contributed by atoms with Gasteiger partial charge in [0.1, 0.15) is 22.3 Å². The maximum Gasteiger partial charge on any atom is 0.143 e. The van der Waals surface area contributed by atoms with E-state index in [4.69, 9.17) is 8.83 Å². The van der Waals surface area contributed by atoms with E-state index in [-0.39, 0.29) is 38.4 Å². The van der Waals surface area contributed by atoms with Gasteiger partial charge >= 0.3 is 0 Å². The molecule has 562 valence electrons. The van der Waals surface area contributed by atoms with Gasteiger partial charge in [-0.1, -0.05) is 330 Å². The summed E-state index contributed by atoms with van der Waals surface area (Å²) in [6.07, 6.45) is 26.3. The zero-order valence-electron chi connectivity index (χ0n) is 68.7. The Morgan fingerprint density at radius 1 is 0.389 bits per heavy atom. The van der Waals surface area contributed by atoms with Crippen LogP contribution in [-0.4, -0.2) is 0 Å². The van der Waals surface area contributed by atoms with Crippen LogP contribution in [0, 0.1) is 0 Å². The highest BCUT2D eigenvalue weighted by atomic mass is 16.3. The molecule has 0 saturated heterocycles. The SMILES string of the molecule is CCCCCCCC1(CCCCCCC)c2ccccc2-c2ccc(-c3ccc4c(c3)C(C)(C)c3cc(C5C=CC(c6cc7c(c8c6oc6ccccc68)-c6ccc(/C(=C/c8ccccc8C(C)(C)C)c8ccc9c(c8)C(C)(C)c8cc%10c(cc8-9)C(C)(C)c8ccc9oc%11ccccc%11c9c8-%10)cc6C7(C)C)=CC5)ccc3-4)cc21. The van der Waals surface area contributed by atoms with Crippen molar-refractivity contribution in [2.75, 3.05) is 0 Å². The van der Waals surface area contributed by atoms with Gasteiger partial charge in [0.05, 0.1) is 0 Å². The highest BCUT2D eigenvalue weighted by Crippen LogP contribution is 2.62. The number of hydrogen-bond donors (Lipinski definition) is 0. The van der Waals surface area contributed by atoms with E-state index in [0.717, 1.165) is 39.7 Å². The number of furan rings is 2. The Morgan fingerprint density at radius 2 is 0.894 bits per heavy atom. The minimum atomic E-state index is -0.351. The first-order valence-electron chi connectivity index (χ1n) is 42.8. The molecule has 6 aliphatic carbocycles. The van der Waals surface area contributed by atoms with Gasteiger partial charge in [0.25, 0.3) is 0 Å². The summed E-state index contributed by atoms with van der Waals surface area (Å²) in [5, 5.41) is 4.78. The van der Waals surface area contributed by atoms with Gasteiger partial charge in [-0.15, -0.1) is 0 Å². The van der Waals surface area contributed by atoms with E-state index in [1.165, 1.54) is 243 Å². The third kappa shape index (κ3) is 10.9. The highest BCUT2D eigenvalue weighted by molar-refractivity contribution is 6.19. The maximum atomic E-state index is 7.18. The summed E-state index contributed by atoms with van der Waals surface area (Å²) < 4.78 is 13.7. The Kier molecular flexibility index (Phi) is 16.6. The van der Waals surface area contributed by atoms with Crippen LogP contribution in [0.25, 0.3) is 128 Å². The Hall–Kier alpha value is -10.5. The molecule has 6 aliphatic rings. The second-order valence-electron chi connectivity index (χ2n) is 37.6. The van der Waals surface area contributed by atoms with Gasteiger partial charge < -0.3 is 8.83 Å². The second kappa shape index (κ2) is 26.3. The minimum absolute atomic E-state index is 0.0498. The number of unbranched alkanes of at least 4 members (excludes halogenated alkanes) is 8. The zero-order chi connectivity index (χ0) is 77.4. The van der Waals surface area contributed by atoms with Gasteiger partial charge in [-0.2, -0.15) is 0 Å². The molecule has 14 aromatic rings. The fourth-order valence-corrected chi connectivity index (χ4v) is 22.3. The van der Waals surface area contributed by atoms with Crippen molar-refractivity contribution in [3.05, 3.63) is 326 Å². The number of para-hydroxylation sites is 2. The molecule has 0 saturated carbocycles. The lowest BCUT2D eigenvalue weighted by molar-refractivity contribution is 0.399. The smallest absolute Gasteiger partial charge is 0.143 e. The normalized spacial score (nSPS) is 17.1. The van der Waals surface area contributed by atoms with E-state index in [0.29, 0.717) is 0 Å². The van der Waals surface area contributed by atoms with Crippen LogP contribution in [0.15, 0.2) is 245 Å². The average molecular weight is 1470 g/mol. The Labute approximate surface area is 669 Å². The molecule has 2 heterocycles. The van der Waals surface area contributed by atoms with Crippen molar-refractivity contribution in [3.63, 3.8) is 0 Å². The number of hydrogen-bond acceptors (Lipinski definition) is 2. The Balaban J connectivity index is 0.622. The lowest BCUT2D eigenvalue weighted by Crippen LogP contribution is -2.25. The van der Waals surface area contributed by atoms with Gasteiger partial charge in [0.2, 0.25) is 0 Å². The summed E-state index contributed by atoms with van der Waals surface area (Å²) in [6.45, 7) is 31.3. The van der Waals surface area contributed by atoms with E-state index >= 15 is 0 Å². The predicted octanol–water partition coefficient (Wildman–Crippen LogP) is 31.4. The molecular weight excluding hydrogens is 1370 g/mol. The van der Waals surface area contributed by atoms with E-state index in [2.05, 4.69) is 333 Å². The molecule has 1 atom stereocenters. The minimum Gasteiger partial charge on any atom is -0.456 e. The first kappa shape index (κ1) is 71.5. The summed E-state index contributed by atoms with van der Waals surface area (Å²) in [5.41, 5.74) is 43.1. The zero-order valence-corrected chi connectivity index (χ0v) is 68.7. The molecule has 0 aliphatic heterocycles. The van der Waals surface area contributed by atoms with Gasteiger partial charge in [-0.25, -0.2) is 0 Å². The third-order valence-electron chi connectivity index (χ3n) is 28.5. The molecule has 113 heavy (non-hydrogen) atoms. The van der Waals surface area contributed by atoms with Crippen LogP contribution in [0.3, 0.4) is 0 Å². The molecule has 0 amide bonds. The molecule has 20 rings (SSSR count). The van der Waals surface area contributed by atoms with Crippen molar-refractivity contribution in [3.8, 4) is 66.8 Å². The Bertz CT molecular complexity index is 6400. The van der Waals surface area contributed by atoms with Gasteiger partial charge in [-0.3, -0.25) is 0 Å². The van der Waals surface area contributed by atoms with Gasteiger partial charge in [-0.05, 0) is 253 Å². The molecule has 0 N–H and O–H groups in total. The van der Waals surface area contributed by atoms with Crippen molar-refractivity contribution in [1.29, 1.82) is 0 Å². The van der Waals surface area contributed by atoms with Crippen molar-refractivity contribution in [1.82, 2.24) is 0 Å². The fourth-order valence-electron chi connectivity index (χ4n) is 22.3. The summed E-state index contributed by atoms with van der Waals surface area (Å²) in [4.78, 5) is 0. The summed E-state index contributed by atoms with van der Waals surface area (Å²) in [7, 11) is 0. The fraction of sp³-hybridized carbons (Fsp3) is 0.297. The van der Waals surface area contributed by atoms with Gasteiger partial charge in [0.15, 0.2) is 0 Å². The van der Waals surface area contributed by atoms with Crippen molar-refractivity contribution in [2.45, 2.75) is 212 Å². The maximum absolute atomic E-state index is 7.18. The van der Waals surface area contributed by atoms with Crippen LogP contribution >= 0.6 is 0 Å². The number of allylic oxidation sites excluding steroid dienone is 4. The summed E-state index contributed by atoms with van der Waals surface area (Å²) >= 11 is 0. The largest absolute Gasteiger partial charge is 0.456 e. The van der Waals surface area contributed by atoms with E-state index in [1.54, 1.807) is 11.1 Å². The average Bonchev–Trinajstić information content (AvgIpc) is 1.60. The number of rotatable bonds is 18. The van der Waals surface area contributed by atoms with Crippen molar-refractivity contribution < 1.29 is 8.83 Å². The monoisotopic (exact) mass is 1470 g/mol. The Morgan fingerprint density at radius 3 is 1.58 bits per heavy atom. The lowest BCUT2D eigenvalue weighted by atomic mass is 9.70. The van der Waals surface area contributed by atoms with Crippen molar-refractivity contribution in [2.24, 2.45) is 0 Å². The highest BCUT2D eigenvalue weighted by Gasteiger charge is 2.47. The summed E-state index contributed by atoms with van der Waals surface area (Å²) in [5.74, 6) is 0.236. The molecule has 2 heteroatoms. The standard InChI is InChI=1S/C111H106O2/c1-14-16-18-20-30-56-111(57-31-21-19-17-15-2)88-37-27-23-33-75(88)78-51-46-71(61-96(78)111)70-45-50-77-76-49-44-69(59-90(76)108(8,9)91(77)60-70)67-40-42-68(43-41-67)84-64-97-101(104-82-35-25-29-39-99(82)113-105(84)104)80-53-48-73(63-93(80)110(97,12)13)83(58-74-32-22-26-36-87(74)106(3,4)5)72-47-52-79-85-65-95-86(66-94(85)109(10,11)92(79)62-72)102-89(107(95,6)7)54-55-100-103(102)81-34-24-28-38-98(81)112-100/h22-29,32-40,42-55,58-67H,14-21,30-31,41,56-57H2,1-13H3/b83-58+. The van der Waals surface area contributed by atoms with Crippen LogP contribution in [-0.2, 0) is 32.5 Å². The molecule has 0 bridgehead atoms. The molecule has 2 nitrogen and oxygen atoms in total. The number of fused-ring (bicyclic) bond motifs is 23. The van der Waals surface area contributed by atoms with E-state index in [1.807, 2.05) is 0 Å². The van der Waals surface area contributed by atoms with E-state index < -0.39 is 0 Å². The third-order valence-corrected chi connectivity index (χ3v) is 28.5. The molecule has 2 aromatic heterocycles. The van der Waals surface area contributed by atoms with Gasteiger partial charge in [0, 0.05) is 60.1 Å². The van der Waals surface area contributed by atoms with E-state index in [9.17, 15) is 0 Å². The van der Waals surface area contributed by atoms with Crippen LogP contribution in [0.5, 0.6) is 0 Å². The van der Waals surface area contributed by atoms with Crippen molar-refractivity contribution >= 4 is 61.1 Å². The van der Waals surface area contributed by atoms with Crippen LogP contribution in [0.4, 0.5) is 0 Å². The molecule has 0 fully saturated rings. The van der Waals surface area contributed by atoms with Crippen LogP contribution in [0.2, 0.25) is 0 Å². The molecular formula is C111H106O2. The van der Waals surface area contributed by atoms with Crippen LogP contribution in [0.1, 0.15) is 268 Å². The lowest BCUT2D eigenvalue weighted by Gasteiger charge is -2.33. The number of benzene rings is 12. The predicted molar refractivity (Wildman–Crippen MR) is 479 cm³/mol. The quantitative estimate of drug-likeness (QED) is 0.0632. The molecule has 0 spiro atoms. The second-order valence-corrected chi connectivity index (χ2v) is 37.6. The molecule has 1 unspecified atom stereocenters. The first-order valence-corrected chi connectivity index (χ1v) is 42.8.